The van der Waals surface area contributed by atoms with Gasteiger partial charge in [-0.05, 0) is 24.3 Å². The van der Waals surface area contributed by atoms with Crippen LogP contribution in [0, 0.1) is 0 Å². The number of H-pyrrole nitrogens is 1. The highest BCUT2D eigenvalue weighted by Crippen LogP contribution is 2.21. The minimum absolute atomic E-state index is 0.813. The van der Waals surface area contributed by atoms with Crippen molar-refractivity contribution in [3.63, 3.8) is 0 Å². The number of nitrogens with one attached hydrogen (secondary N) is 2. The zero-order valence-corrected chi connectivity index (χ0v) is 9.64. The number of aromatic nitrogens is 3. The zero-order valence-electron chi connectivity index (χ0n) is 9.64. The number of hydrogen-bond acceptors (Lipinski definition) is 2. The van der Waals surface area contributed by atoms with Gasteiger partial charge in [-0.3, -0.25) is 5.10 Å². The van der Waals surface area contributed by atoms with E-state index in [9.17, 15) is 0 Å². The molecule has 0 aliphatic carbocycles. The number of rotatable bonds is 3. The normalized spacial score (nSPS) is 10.9. The van der Waals surface area contributed by atoms with E-state index in [2.05, 4.69) is 51.5 Å². The molecule has 0 amide bonds. The van der Waals surface area contributed by atoms with Gasteiger partial charge in [0.1, 0.15) is 0 Å². The smallest absolute Gasteiger partial charge is 0.0671 e. The van der Waals surface area contributed by atoms with Gasteiger partial charge in [0, 0.05) is 30.0 Å². The van der Waals surface area contributed by atoms with Crippen molar-refractivity contribution in [3.8, 4) is 0 Å². The summed E-state index contributed by atoms with van der Waals surface area (Å²) in [5, 5.41) is 11.6. The molecule has 0 saturated carbocycles. The first-order chi connectivity index (χ1) is 8.34. The largest absolute Gasteiger partial charge is 0.379 e. The molecule has 0 fully saturated rings. The summed E-state index contributed by atoms with van der Waals surface area (Å²) < 4.78 is 2.11. The highest BCUT2D eigenvalue weighted by molar-refractivity contribution is 5.90. The number of hydrogen-bond donors (Lipinski definition) is 2. The Hall–Kier alpha value is -2.23. The van der Waals surface area contributed by atoms with Crippen LogP contribution in [0.5, 0.6) is 0 Å². The van der Waals surface area contributed by atoms with Gasteiger partial charge in [0.25, 0.3) is 0 Å². The first-order valence-electron chi connectivity index (χ1n) is 5.61. The van der Waals surface area contributed by atoms with E-state index in [1.165, 1.54) is 5.69 Å². The standard InChI is InChI=1S/C13H14N4/c1-17-7-3-4-10(17)8-14-12-5-2-6-13-11(12)9-15-16-13/h2-7,9,14H,8H2,1H3,(H,15,16). The molecule has 0 spiro atoms. The monoisotopic (exact) mass is 226 g/mol. The van der Waals surface area contributed by atoms with E-state index in [1.807, 2.05) is 18.3 Å². The molecule has 17 heavy (non-hydrogen) atoms. The third-order valence-corrected chi connectivity index (χ3v) is 3.00. The van der Waals surface area contributed by atoms with Gasteiger partial charge in [0.2, 0.25) is 0 Å². The van der Waals surface area contributed by atoms with Crippen LogP contribution in [0.25, 0.3) is 10.9 Å². The lowest BCUT2D eigenvalue weighted by Gasteiger charge is -2.08. The number of nitrogens with zero attached hydrogens (tertiary/aromatic N) is 2. The van der Waals surface area contributed by atoms with Gasteiger partial charge in [-0.2, -0.15) is 5.10 Å². The van der Waals surface area contributed by atoms with Crippen LogP contribution in [-0.2, 0) is 13.6 Å². The Morgan fingerprint density at radius 1 is 1.29 bits per heavy atom. The van der Waals surface area contributed by atoms with Crippen LogP contribution in [0.2, 0.25) is 0 Å². The van der Waals surface area contributed by atoms with E-state index in [0.29, 0.717) is 0 Å². The summed E-state index contributed by atoms with van der Waals surface area (Å²) in [5.41, 5.74) is 3.42. The summed E-state index contributed by atoms with van der Waals surface area (Å²) in [6, 6.07) is 10.3. The minimum atomic E-state index is 0.813. The van der Waals surface area contributed by atoms with Gasteiger partial charge in [-0.1, -0.05) is 6.07 Å². The molecular weight excluding hydrogens is 212 g/mol. The predicted octanol–water partition coefficient (Wildman–Crippen LogP) is 2.51. The highest BCUT2D eigenvalue weighted by Gasteiger charge is 2.02. The summed E-state index contributed by atoms with van der Waals surface area (Å²) in [6.07, 6.45) is 3.90. The van der Waals surface area contributed by atoms with E-state index in [1.54, 1.807) is 0 Å². The maximum atomic E-state index is 4.05. The van der Waals surface area contributed by atoms with E-state index in [0.717, 1.165) is 23.1 Å². The van der Waals surface area contributed by atoms with Gasteiger partial charge in [-0.25, -0.2) is 0 Å². The van der Waals surface area contributed by atoms with E-state index >= 15 is 0 Å². The second kappa shape index (κ2) is 3.97. The second-order valence-electron chi connectivity index (χ2n) is 4.10. The lowest BCUT2D eigenvalue weighted by molar-refractivity contribution is 0.843. The fraction of sp³-hybridized carbons (Fsp3) is 0.154. The van der Waals surface area contributed by atoms with E-state index < -0.39 is 0 Å². The highest BCUT2D eigenvalue weighted by atomic mass is 15.1. The minimum Gasteiger partial charge on any atom is -0.379 e. The van der Waals surface area contributed by atoms with Crippen molar-refractivity contribution < 1.29 is 0 Å². The van der Waals surface area contributed by atoms with Crippen molar-refractivity contribution in [2.75, 3.05) is 5.32 Å². The van der Waals surface area contributed by atoms with Gasteiger partial charge in [0.15, 0.2) is 0 Å². The third kappa shape index (κ3) is 1.78. The molecule has 0 aliphatic rings. The Labute approximate surface area is 99.3 Å². The summed E-state index contributed by atoms with van der Waals surface area (Å²) in [4.78, 5) is 0. The fourth-order valence-corrected chi connectivity index (χ4v) is 1.99. The molecule has 0 radical (unpaired) electrons. The van der Waals surface area contributed by atoms with Gasteiger partial charge >= 0.3 is 0 Å². The Balaban J connectivity index is 1.86. The molecule has 2 heterocycles. The summed E-state index contributed by atoms with van der Waals surface area (Å²) in [6.45, 7) is 0.813. The molecular formula is C13H14N4. The molecule has 0 atom stereocenters. The van der Waals surface area contributed by atoms with Crippen LogP contribution in [0.4, 0.5) is 5.69 Å². The van der Waals surface area contributed by atoms with E-state index in [4.69, 9.17) is 0 Å². The Morgan fingerprint density at radius 3 is 3.06 bits per heavy atom. The number of fused-ring (bicyclic) bond motifs is 1. The van der Waals surface area contributed by atoms with Crippen molar-refractivity contribution in [2.45, 2.75) is 6.54 Å². The molecule has 2 N–H and O–H groups in total. The number of aryl methyl sites for hydroxylation is 1. The van der Waals surface area contributed by atoms with Gasteiger partial charge in [0.05, 0.1) is 18.3 Å². The first-order valence-corrected chi connectivity index (χ1v) is 5.61. The van der Waals surface area contributed by atoms with Crippen molar-refractivity contribution in [2.24, 2.45) is 7.05 Å². The molecule has 0 aliphatic heterocycles. The van der Waals surface area contributed by atoms with Crippen LogP contribution in [-0.4, -0.2) is 14.8 Å². The Kier molecular flexibility index (Phi) is 2.33. The number of aromatic amines is 1. The van der Waals surface area contributed by atoms with Gasteiger partial charge in [-0.15, -0.1) is 0 Å². The fourth-order valence-electron chi connectivity index (χ4n) is 1.99. The van der Waals surface area contributed by atoms with E-state index in [-0.39, 0.29) is 0 Å². The van der Waals surface area contributed by atoms with Crippen molar-refractivity contribution in [1.82, 2.24) is 14.8 Å². The summed E-state index contributed by atoms with van der Waals surface area (Å²) in [5.74, 6) is 0. The molecule has 0 bridgehead atoms. The van der Waals surface area contributed by atoms with Crippen molar-refractivity contribution in [1.29, 1.82) is 0 Å². The second-order valence-corrected chi connectivity index (χ2v) is 4.10. The Morgan fingerprint density at radius 2 is 2.24 bits per heavy atom. The topological polar surface area (TPSA) is 45.6 Å². The first kappa shape index (κ1) is 9.96. The SMILES string of the molecule is Cn1cccc1CNc1cccc2[nH]ncc12. The lowest BCUT2D eigenvalue weighted by Crippen LogP contribution is -2.03. The lowest BCUT2D eigenvalue weighted by atomic mass is 10.2. The molecule has 0 saturated heterocycles. The zero-order chi connectivity index (χ0) is 11.7. The van der Waals surface area contributed by atoms with Crippen LogP contribution in [0.15, 0.2) is 42.7 Å². The summed E-state index contributed by atoms with van der Waals surface area (Å²) in [7, 11) is 2.05. The molecule has 0 unspecified atom stereocenters. The molecule has 3 rings (SSSR count). The van der Waals surface area contributed by atoms with Crippen LogP contribution in [0.1, 0.15) is 5.69 Å². The molecule has 2 aromatic heterocycles. The maximum absolute atomic E-state index is 4.05. The van der Waals surface area contributed by atoms with Crippen LogP contribution in [0.3, 0.4) is 0 Å². The molecule has 3 aromatic rings. The third-order valence-electron chi connectivity index (χ3n) is 3.00. The number of benzene rings is 1. The molecule has 4 heteroatoms. The average Bonchev–Trinajstić information content (AvgIpc) is 2.95. The van der Waals surface area contributed by atoms with Crippen LogP contribution < -0.4 is 5.32 Å². The quantitative estimate of drug-likeness (QED) is 0.720. The average molecular weight is 226 g/mol. The predicted molar refractivity (Wildman–Crippen MR) is 68.8 cm³/mol. The maximum Gasteiger partial charge on any atom is 0.0671 e. The Bertz CT molecular complexity index is 635. The number of anilines is 1. The molecule has 86 valence electrons. The van der Waals surface area contributed by atoms with Gasteiger partial charge < -0.3 is 9.88 Å². The van der Waals surface area contributed by atoms with Crippen LogP contribution >= 0.6 is 0 Å². The summed E-state index contributed by atoms with van der Waals surface area (Å²) >= 11 is 0. The van der Waals surface area contributed by atoms with Crippen molar-refractivity contribution >= 4 is 16.6 Å². The van der Waals surface area contributed by atoms with Crippen molar-refractivity contribution in [3.05, 3.63) is 48.4 Å². The molecule has 4 nitrogen and oxygen atoms in total. The molecule has 1 aromatic carbocycles.